The molecule has 0 spiro atoms. The first-order valence-corrected chi connectivity index (χ1v) is 8.95. The van der Waals surface area contributed by atoms with E-state index in [4.69, 9.17) is 14.2 Å². The number of hydrogen-bond donors (Lipinski definition) is 0. The van der Waals surface area contributed by atoms with Gasteiger partial charge in [0.25, 0.3) is 0 Å². The monoisotopic (exact) mass is 393 g/mol. The zero-order valence-corrected chi connectivity index (χ0v) is 15.7. The van der Waals surface area contributed by atoms with Crippen LogP contribution in [0.4, 0.5) is 0 Å². The Morgan fingerprint density at radius 1 is 1.00 bits per heavy atom. The van der Waals surface area contributed by atoms with Crippen LogP contribution in [0.3, 0.4) is 0 Å². The molecule has 0 aliphatic rings. The van der Waals surface area contributed by atoms with Gasteiger partial charge >= 0.3 is 0 Å². The van der Waals surface area contributed by atoms with Crippen LogP contribution in [0.2, 0.25) is 0 Å². The van der Waals surface area contributed by atoms with Gasteiger partial charge in [-0.25, -0.2) is 4.98 Å². The van der Waals surface area contributed by atoms with Crippen LogP contribution < -0.4 is 4.74 Å². The van der Waals surface area contributed by atoms with Crippen molar-refractivity contribution in [2.75, 3.05) is 13.2 Å². The van der Waals surface area contributed by atoms with Crippen LogP contribution in [0.1, 0.15) is 25.8 Å². The Bertz CT molecular complexity index is 594. The van der Waals surface area contributed by atoms with Gasteiger partial charge in [0.05, 0.1) is 19.3 Å². The fraction of sp³-hybridized carbons (Fsp3) is 0.421. The van der Waals surface area contributed by atoms with Crippen LogP contribution in [-0.2, 0) is 16.1 Å². The molecule has 0 amide bonds. The quantitative estimate of drug-likeness (QED) is 0.436. The number of halogens is 1. The Kier molecular flexibility index (Phi) is 8.22. The van der Waals surface area contributed by atoms with Crippen molar-refractivity contribution in [2.45, 2.75) is 39.1 Å². The molecule has 2 aromatic rings. The lowest BCUT2D eigenvalue weighted by Gasteiger charge is -2.16. The first kappa shape index (κ1) is 18.9. The Morgan fingerprint density at radius 2 is 1.79 bits per heavy atom. The molecule has 0 fully saturated rings. The van der Waals surface area contributed by atoms with E-state index in [9.17, 15) is 0 Å². The highest BCUT2D eigenvalue weighted by atomic mass is 79.9. The normalized spacial score (nSPS) is 13.5. The molecule has 0 aliphatic carbocycles. The molecule has 5 heteroatoms. The van der Waals surface area contributed by atoms with Crippen LogP contribution in [0.15, 0.2) is 53.1 Å². The van der Waals surface area contributed by atoms with Gasteiger partial charge in [0.2, 0.25) is 5.88 Å². The minimum Gasteiger partial charge on any atom is -0.472 e. The molecule has 24 heavy (non-hydrogen) atoms. The standard InChI is InChI=1S/C19H24BrNO3/c1-15(23-14-17-7-4-3-5-8-17)11-12-22-13-16(2)24-19-10-6-9-18(20)21-19/h3-10,15-16H,11-14H2,1-2H3/t15-,16-/m1/s1. The van der Waals surface area contributed by atoms with Crippen molar-refractivity contribution < 1.29 is 14.2 Å². The zero-order valence-electron chi connectivity index (χ0n) is 14.2. The van der Waals surface area contributed by atoms with E-state index in [0.29, 0.717) is 25.7 Å². The summed E-state index contributed by atoms with van der Waals surface area (Å²) < 4.78 is 18.0. The summed E-state index contributed by atoms with van der Waals surface area (Å²) in [5, 5.41) is 0. The van der Waals surface area contributed by atoms with E-state index >= 15 is 0 Å². The van der Waals surface area contributed by atoms with E-state index in [1.54, 1.807) is 0 Å². The second-order valence-electron chi connectivity index (χ2n) is 5.70. The van der Waals surface area contributed by atoms with Gasteiger partial charge < -0.3 is 14.2 Å². The first-order chi connectivity index (χ1) is 11.6. The molecule has 0 saturated heterocycles. The topological polar surface area (TPSA) is 40.6 Å². The maximum atomic E-state index is 5.82. The lowest BCUT2D eigenvalue weighted by atomic mass is 10.2. The third-order valence-corrected chi connectivity index (χ3v) is 3.85. The molecule has 2 atom stereocenters. The van der Waals surface area contributed by atoms with Crippen LogP contribution in [-0.4, -0.2) is 30.4 Å². The van der Waals surface area contributed by atoms with Crippen molar-refractivity contribution in [3.05, 3.63) is 58.7 Å². The van der Waals surface area contributed by atoms with E-state index in [2.05, 4.69) is 40.0 Å². The van der Waals surface area contributed by atoms with Gasteiger partial charge in [-0.1, -0.05) is 36.4 Å². The second-order valence-corrected chi connectivity index (χ2v) is 6.51. The average Bonchev–Trinajstić information content (AvgIpc) is 2.58. The van der Waals surface area contributed by atoms with Crippen molar-refractivity contribution in [2.24, 2.45) is 0 Å². The average molecular weight is 394 g/mol. The summed E-state index contributed by atoms with van der Waals surface area (Å²) in [5.74, 6) is 0.597. The molecule has 130 valence electrons. The molecule has 0 N–H and O–H groups in total. The van der Waals surface area contributed by atoms with E-state index < -0.39 is 0 Å². The number of benzene rings is 1. The van der Waals surface area contributed by atoms with Crippen LogP contribution in [0.5, 0.6) is 5.88 Å². The molecule has 0 radical (unpaired) electrons. The first-order valence-electron chi connectivity index (χ1n) is 8.16. The van der Waals surface area contributed by atoms with Crippen molar-refractivity contribution in [3.63, 3.8) is 0 Å². The Morgan fingerprint density at radius 3 is 2.54 bits per heavy atom. The van der Waals surface area contributed by atoms with Gasteiger partial charge in [0.1, 0.15) is 10.7 Å². The van der Waals surface area contributed by atoms with Gasteiger partial charge in [0.15, 0.2) is 0 Å². The SMILES string of the molecule is C[C@H](CCOC[C@@H](C)Oc1cccc(Br)n1)OCc1ccccc1. The molecule has 4 nitrogen and oxygen atoms in total. The minimum absolute atomic E-state index is 0.0488. The van der Waals surface area contributed by atoms with Crippen molar-refractivity contribution in [1.82, 2.24) is 4.98 Å². The lowest BCUT2D eigenvalue weighted by molar-refractivity contribution is 0.00679. The fourth-order valence-corrected chi connectivity index (χ4v) is 2.42. The maximum absolute atomic E-state index is 5.82. The third-order valence-electron chi connectivity index (χ3n) is 3.41. The predicted octanol–water partition coefficient (Wildman–Crippen LogP) is 4.62. The van der Waals surface area contributed by atoms with Crippen LogP contribution in [0.25, 0.3) is 0 Å². The van der Waals surface area contributed by atoms with E-state index in [-0.39, 0.29) is 12.2 Å². The number of aromatic nitrogens is 1. The molecule has 0 aliphatic heterocycles. The van der Waals surface area contributed by atoms with E-state index in [0.717, 1.165) is 11.0 Å². The Balaban J connectivity index is 1.56. The number of nitrogens with zero attached hydrogens (tertiary/aromatic N) is 1. The van der Waals surface area contributed by atoms with Gasteiger partial charge in [-0.2, -0.15) is 0 Å². The largest absolute Gasteiger partial charge is 0.472 e. The summed E-state index contributed by atoms with van der Waals surface area (Å²) in [6, 6.07) is 15.8. The summed E-state index contributed by atoms with van der Waals surface area (Å²) in [4.78, 5) is 4.24. The molecule has 2 rings (SSSR count). The summed E-state index contributed by atoms with van der Waals surface area (Å²) >= 11 is 3.33. The smallest absolute Gasteiger partial charge is 0.214 e. The third kappa shape index (κ3) is 7.43. The summed E-state index contributed by atoms with van der Waals surface area (Å²) in [6.07, 6.45) is 0.967. The van der Waals surface area contributed by atoms with E-state index in [1.165, 1.54) is 5.56 Å². The summed E-state index contributed by atoms with van der Waals surface area (Å²) in [7, 11) is 0. The molecular weight excluding hydrogens is 370 g/mol. The summed E-state index contributed by atoms with van der Waals surface area (Å²) in [6.45, 7) is 5.85. The highest BCUT2D eigenvalue weighted by Gasteiger charge is 2.07. The van der Waals surface area contributed by atoms with Crippen LogP contribution in [0, 0.1) is 0 Å². The Hall–Kier alpha value is -1.43. The van der Waals surface area contributed by atoms with Crippen molar-refractivity contribution in [1.29, 1.82) is 0 Å². The number of pyridine rings is 1. The van der Waals surface area contributed by atoms with Gasteiger partial charge in [0, 0.05) is 12.7 Å². The summed E-state index contributed by atoms with van der Waals surface area (Å²) in [5.41, 5.74) is 1.19. The second kappa shape index (κ2) is 10.4. The van der Waals surface area contributed by atoms with Crippen molar-refractivity contribution >= 4 is 15.9 Å². The van der Waals surface area contributed by atoms with Gasteiger partial charge in [-0.15, -0.1) is 0 Å². The highest BCUT2D eigenvalue weighted by Crippen LogP contribution is 2.13. The number of ether oxygens (including phenoxy) is 3. The molecule has 1 aromatic heterocycles. The molecule has 1 aromatic carbocycles. The molecule has 0 saturated carbocycles. The number of rotatable bonds is 10. The molecule has 0 unspecified atom stereocenters. The van der Waals surface area contributed by atoms with Gasteiger partial charge in [-0.3, -0.25) is 0 Å². The molecule has 0 bridgehead atoms. The van der Waals surface area contributed by atoms with Gasteiger partial charge in [-0.05, 0) is 47.8 Å². The van der Waals surface area contributed by atoms with Crippen LogP contribution >= 0.6 is 15.9 Å². The Labute approximate surface area is 152 Å². The minimum atomic E-state index is -0.0488. The highest BCUT2D eigenvalue weighted by molar-refractivity contribution is 9.10. The van der Waals surface area contributed by atoms with E-state index in [1.807, 2.05) is 43.3 Å². The zero-order chi connectivity index (χ0) is 17.2. The van der Waals surface area contributed by atoms with Crippen molar-refractivity contribution in [3.8, 4) is 5.88 Å². The molecule has 1 heterocycles. The molecular formula is C19H24BrNO3. The lowest BCUT2D eigenvalue weighted by Crippen LogP contribution is -2.21. The fourth-order valence-electron chi connectivity index (χ4n) is 2.09. The number of hydrogen-bond acceptors (Lipinski definition) is 4. The predicted molar refractivity (Wildman–Crippen MR) is 98.2 cm³/mol. The maximum Gasteiger partial charge on any atom is 0.214 e.